The van der Waals surface area contributed by atoms with Crippen LogP contribution < -0.4 is 15.0 Å². The molecule has 4 rings (SSSR count). The van der Waals surface area contributed by atoms with Crippen LogP contribution in [0.4, 0.5) is 17.1 Å². The van der Waals surface area contributed by atoms with E-state index in [-0.39, 0.29) is 23.1 Å². The zero-order valence-electron chi connectivity index (χ0n) is 18.0. The Morgan fingerprint density at radius 2 is 1.52 bits per heavy atom. The average Bonchev–Trinajstić information content (AvgIpc) is 3.04. The fourth-order valence-corrected chi connectivity index (χ4v) is 3.51. The lowest BCUT2D eigenvalue weighted by atomic mass is 10.0. The second-order valence-corrected chi connectivity index (χ2v) is 7.65. The van der Waals surface area contributed by atoms with Crippen molar-refractivity contribution >= 4 is 34.4 Å². The topological polar surface area (TPSA) is 102 Å². The Labute approximate surface area is 190 Å². The molecule has 3 aromatic rings. The normalized spacial score (nSPS) is 13.6. The number of imide groups is 1. The number of non-ortho nitro benzene ring substituents is 1. The minimum absolute atomic E-state index is 0.0220. The molecular weight excluding hydrogens is 422 g/mol. The Hall–Kier alpha value is -4.46. The second kappa shape index (κ2) is 8.96. The van der Waals surface area contributed by atoms with Crippen LogP contribution in [0, 0.1) is 10.1 Å². The first-order valence-electron chi connectivity index (χ1n) is 10.3. The summed E-state index contributed by atoms with van der Waals surface area (Å²) in [6.07, 6.45) is 0.0220. The third kappa shape index (κ3) is 4.45. The van der Waals surface area contributed by atoms with E-state index < -0.39 is 16.7 Å². The summed E-state index contributed by atoms with van der Waals surface area (Å²) in [4.78, 5) is 38.3. The number of benzene rings is 3. The monoisotopic (exact) mass is 443 g/mol. The van der Waals surface area contributed by atoms with Crippen molar-refractivity contribution < 1.29 is 19.2 Å². The second-order valence-electron chi connectivity index (χ2n) is 7.65. The predicted molar refractivity (Wildman–Crippen MR) is 125 cm³/mol. The molecule has 0 bridgehead atoms. The van der Waals surface area contributed by atoms with E-state index in [1.54, 1.807) is 54.6 Å². The maximum Gasteiger partial charge on any atom is 0.282 e. The molecule has 0 saturated carbocycles. The van der Waals surface area contributed by atoms with Crippen LogP contribution in [-0.2, 0) is 9.59 Å². The molecular formula is C25H21N3O5. The SMILES string of the molecule is CC(C)Oc1ccc(NC2=C(c3ccc([N+](=O)[O-])cc3)C(=O)N(c3ccccc3)C2=O)cc1. The number of hydrogen-bond donors (Lipinski definition) is 1. The van der Waals surface area contributed by atoms with Crippen LogP contribution in [0.1, 0.15) is 19.4 Å². The van der Waals surface area contributed by atoms with Crippen molar-refractivity contribution in [3.8, 4) is 5.75 Å². The number of carbonyl (C=O) groups is 2. The molecule has 1 N–H and O–H groups in total. The van der Waals surface area contributed by atoms with Gasteiger partial charge in [0.15, 0.2) is 0 Å². The number of nitro groups is 1. The standard InChI is InChI=1S/C25H21N3O5/c1-16(2)33-21-14-10-18(11-15-21)26-23-22(17-8-12-20(13-9-17)28(31)32)24(29)27(25(23)30)19-6-4-3-5-7-19/h3-16,26H,1-2H3. The van der Waals surface area contributed by atoms with E-state index >= 15 is 0 Å². The van der Waals surface area contributed by atoms with Gasteiger partial charge in [0.2, 0.25) is 0 Å². The molecule has 1 aliphatic rings. The summed E-state index contributed by atoms with van der Waals surface area (Å²) < 4.78 is 5.65. The van der Waals surface area contributed by atoms with Crippen molar-refractivity contribution in [2.45, 2.75) is 20.0 Å². The first kappa shape index (κ1) is 21.8. The maximum atomic E-state index is 13.4. The highest BCUT2D eigenvalue weighted by Crippen LogP contribution is 2.34. The van der Waals surface area contributed by atoms with E-state index in [9.17, 15) is 19.7 Å². The van der Waals surface area contributed by atoms with Crippen molar-refractivity contribution in [3.63, 3.8) is 0 Å². The largest absolute Gasteiger partial charge is 0.491 e. The Bertz CT molecular complexity index is 1230. The van der Waals surface area contributed by atoms with Crippen LogP contribution in [0.5, 0.6) is 5.75 Å². The third-order valence-electron chi connectivity index (χ3n) is 4.96. The number of carbonyl (C=O) groups excluding carboxylic acids is 2. The number of nitro benzene ring substituents is 1. The Morgan fingerprint density at radius 1 is 0.879 bits per heavy atom. The zero-order chi connectivity index (χ0) is 23.5. The molecule has 0 spiro atoms. The van der Waals surface area contributed by atoms with E-state index in [0.29, 0.717) is 22.7 Å². The average molecular weight is 443 g/mol. The van der Waals surface area contributed by atoms with Gasteiger partial charge in [-0.2, -0.15) is 0 Å². The number of amides is 2. The van der Waals surface area contributed by atoms with E-state index in [2.05, 4.69) is 5.32 Å². The number of nitrogens with one attached hydrogen (secondary N) is 1. The number of para-hydroxylation sites is 1. The molecule has 1 heterocycles. The summed E-state index contributed by atoms with van der Waals surface area (Å²) in [7, 11) is 0. The number of rotatable bonds is 7. The van der Waals surface area contributed by atoms with Gasteiger partial charge < -0.3 is 10.1 Å². The van der Waals surface area contributed by atoms with Gasteiger partial charge in [-0.3, -0.25) is 19.7 Å². The van der Waals surface area contributed by atoms with E-state index in [0.717, 1.165) is 4.90 Å². The summed E-state index contributed by atoms with van der Waals surface area (Å²) in [5.41, 5.74) is 1.56. The van der Waals surface area contributed by atoms with Crippen LogP contribution >= 0.6 is 0 Å². The van der Waals surface area contributed by atoms with Gasteiger partial charge in [-0.25, -0.2) is 4.90 Å². The fourth-order valence-electron chi connectivity index (χ4n) is 3.51. The molecule has 8 heteroatoms. The number of ether oxygens (including phenoxy) is 1. The van der Waals surface area contributed by atoms with Gasteiger partial charge >= 0.3 is 0 Å². The lowest BCUT2D eigenvalue weighted by molar-refractivity contribution is -0.384. The predicted octanol–water partition coefficient (Wildman–Crippen LogP) is 4.78. The Morgan fingerprint density at radius 3 is 2.09 bits per heavy atom. The summed E-state index contributed by atoms with van der Waals surface area (Å²) in [6, 6.07) is 21.2. The summed E-state index contributed by atoms with van der Waals surface area (Å²) in [5.74, 6) is -0.343. The van der Waals surface area contributed by atoms with Gasteiger partial charge in [-0.05, 0) is 67.9 Å². The van der Waals surface area contributed by atoms with Crippen LogP contribution in [0.15, 0.2) is 84.6 Å². The lowest BCUT2D eigenvalue weighted by Gasteiger charge is -2.15. The third-order valence-corrected chi connectivity index (χ3v) is 4.96. The van der Waals surface area contributed by atoms with E-state index in [1.807, 2.05) is 13.8 Å². The molecule has 0 aliphatic carbocycles. The molecule has 0 radical (unpaired) electrons. The van der Waals surface area contributed by atoms with Crippen molar-refractivity contribution in [1.29, 1.82) is 0 Å². The van der Waals surface area contributed by atoms with Crippen molar-refractivity contribution in [1.82, 2.24) is 0 Å². The lowest BCUT2D eigenvalue weighted by Crippen LogP contribution is -2.32. The molecule has 166 valence electrons. The highest BCUT2D eigenvalue weighted by Gasteiger charge is 2.40. The van der Waals surface area contributed by atoms with Gasteiger partial charge in [0, 0.05) is 17.8 Å². The molecule has 0 fully saturated rings. The molecule has 1 aliphatic heterocycles. The number of nitrogens with zero attached hydrogens (tertiary/aromatic N) is 2. The van der Waals surface area contributed by atoms with Gasteiger partial charge in [0.05, 0.1) is 22.3 Å². The van der Waals surface area contributed by atoms with Gasteiger partial charge in [-0.1, -0.05) is 18.2 Å². The first-order valence-corrected chi connectivity index (χ1v) is 10.3. The van der Waals surface area contributed by atoms with E-state index in [4.69, 9.17) is 4.74 Å². The fraction of sp³-hybridized carbons (Fsp3) is 0.120. The number of hydrogen-bond acceptors (Lipinski definition) is 6. The van der Waals surface area contributed by atoms with E-state index in [1.165, 1.54) is 24.3 Å². The molecule has 3 aromatic carbocycles. The highest BCUT2D eigenvalue weighted by atomic mass is 16.6. The Balaban J connectivity index is 1.74. The summed E-state index contributed by atoms with van der Waals surface area (Å²) in [5, 5.41) is 14.1. The first-order chi connectivity index (χ1) is 15.8. The van der Waals surface area contributed by atoms with Crippen molar-refractivity contribution in [2.75, 3.05) is 10.2 Å². The van der Waals surface area contributed by atoms with Gasteiger partial charge in [-0.15, -0.1) is 0 Å². The van der Waals surface area contributed by atoms with Crippen LogP contribution in [0.3, 0.4) is 0 Å². The molecule has 2 amide bonds. The summed E-state index contributed by atoms with van der Waals surface area (Å²) in [6.45, 7) is 3.85. The van der Waals surface area contributed by atoms with Gasteiger partial charge in [0.1, 0.15) is 11.4 Å². The molecule has 0 saturated heterocycles. The molecule has 33 heavy (non-hydrogen) atoms. The van der Waals surface area contributed by atoms with Gasteiger partial charge in [0.25, 0.3) is 17.5 Å². The molecule has 8 nitrogen and oxygen atoms in total. The van der Waals surface area contributed by atoms with Crippen LogP contribution in [-0.4, -0.2) is 22.8 Å². The smallest absolute Gasteiger partial charge is 0.282 e. The van der Waals surface area contributed by atoms with Crippen LogP contribution in [0.25, 0.3) is 5.57 Å². The minimum atomic E-state index is -0.518. The summed E-state index contributed by atoms with van der Waals surface area (Å²) >= 11 is 0. The molecule has 0 unspecified atom stereocenters. The van der Waals surface area contributed by atoms with Crippen molar-refractivity contribution in [3.05, 3.63) is 100 Å². The Kier molecular flexibility index (Phi) is 5.91. The zero-order valence-corrected chi connectivity index (χ0v) is 18.0. The van der Waals surface area contributed by atoms with Crippen molar-refractivity contribution in [2.24, 2.45) is 0 Å². The van der Waals surface area contributed by atoms with Crippen LogP contribution in [0.2, 0.25) is 0 Å². The molecule has 0 aromatic heterocycles. The molecule has 0 atom stereocenters. The quantitative estimate of drug-likeness (QED) is 0.320. The maximum absolute atomic E-state index is 13.4. The number of anilines is 2. The minimum Gasteiger partial charge on any atom is -0.491 e. The highest BCUT2D eigenvalue weighted by molar-refractivity contribution is 6.46.